The van der Waals surface area contributed by atoms with E-state index in [0.29, 0.717) is 17.2 Å². The fraction of sp³-hybridized carbons (Fsp3) is 0.533. The summed E-state index contributed by atoms with van der Waals surface area (Å²) >= 11 is 0. The molecule has 1 amide bonds. The zero-order chi connectivity index (χ0) is 15.0. The van der Waals surface area contributed by atoms with Gasteiger partial charge in [0.2, 0.25) is 0 Å². The topological polar surface area (TPSA) is 76.4 Å². The first kappa shape index (κ1) is 16.3. The molecule has 0 aliphatic carbocycles. The van der Waals surface area contributed by atoms with Crippen molar-refractivity contribution in [3.8, 4) is 0 Å². The molecule has 0 atom stereocenters. The van der Waals surface area contributed by atoms with E-state index in [-0.39, 0.29) is 5.91 Å². The first-order valence-corrected chi connectivity index (χ1v) is 6.97. The highest BCUT2D eigenvalue weighted by Crippen LogP contribution is 2.19. The van der Waals surface area contributed by atoms with Gasteiger partial charge < -0.3 is 21.1 Å². The van der Waals surface area contributed by atoms with Gasteiger partial charge in [-0.2, -0.15) is 0 Å². The molecule has 0 unspecified atom stereocenters. The zero-order valence-corrected chi connectivity index (χ0v) is 12.5. The fourth-order valence-corrected chi connectivity index (χ4v) is 1.73. The number of amides is 1. The van der Waals surface area contributed by atoms with Crippen molar-refractivity contribution >= 4 is 17.3 Å². The molecule has 1 rings (SSSR count). The normalized spacial score (nSPS) is 10.6. The summed E-state index contributed by atoms with van der Waals surface area (Å²) in [6, 6.07) is 5.26. The van der Waals surface area contributed by atoms with Gasteiger partial charge in [0.05, 0.1) is 11.4 Å². The van der Waals surface area contributed by atoms with Gasteiger partial charge in [-0.15, -0.1) is 0 Å². The maximum Gasteiger partial charge on any atom is 0.251 e. The number of hydrogen-bond acceptors (Lipinski definition) is 4. The third-order valence-electron chi connectivity index (χ3n) is 2.77. The second-order valence-corrected chi connectivity index (χ2v) is 5.13. The van der Waals surface area contributed by atoms with Crippen LogP contribution in [0.1, 0.15) is 30.6 Å². The Bertz CT molecular complexity index is 433. The van der Waals surface area contributed by atoms with Gasteiger partial charge in [-0.1, -0.05) is 13.8 Å². The van der Waals surface area contributed by atoms with Crippen molar-refractivity contribution in [2.45, 2.75) is 20.3 Å². The lowest BCUT2D eigenvalue weighted by Crippen LogP contribution is -2.18. The first-order chi connectivity index (χ1) is 9.54. The summed E-state index contributed by atoms with van der Waals surface area (Å²) in [4.78, 5) is 11.5. The van der Waals surface area contributed by atoms with Crippen LogP contribution in [-0.2, 0) is 4.74 Å². The Morgan fingerprint density at radius 2 is 2.15 bits per heavy atom. The maximum absolute atomic E-state index is 11.5. The highest BCUT2D eigenvalue weighted by molar-refractivity contribution is 5.95. The molecule has 0 spiro atoms. The average molecular weight is 279 g/mol. The van der Waals surface area contributed by atoms with E-state index in [1.54, 1.807) is 19.2 Å². The van der Waals surface area contributed by atoms with E-state index in [1.807, 2.05) is 6.07 Å². The lowest BCUT2D eigenvalue weighted by Gasteiger charge is -2.11. The van der Waals surface area contributed by atoms with Crippen molar-refractivity contribution in [2.24, 2.45) is 5.92 Å². The SMILES string of the molecule is CNC(=O)c1ccc(NCCCOCC(C)C)c(N)c1. The number of hydrogen-bond donors (Lipinski definition) is 3. The summed E-state index contributed by atoms with van der Waals surface area (Å²) in [7, 11) is 1.60. The smallest absolute Gasteiger partial charge is 0.251 e. The number of rotatable bonds is 8. The highest BCUT2D eigenvalue weighted by Gasteiger charge is 2.06. The molecule has 0 radical (unpaired) electrons. The van der Waals surface area contributed by atoms with Crippen LogP contribution in [0.2, 0.25) is 0 Å². The molecule has 0 aliphatic heterocycles. The van der Waals surface area contributed by atoms with Crippen molar-refractivity contribution in [1.29, 1.82) is 0 Å². The number of nitrogens with two attached hydrogens (primary N) is 1. The molecule has 0 aromatic heterocycles. The molecule has 5 heteroatoms. The summed E-state index contributed by atoms with van der Waals surface area (Å²) in [5, 5.41) is 5.82. The van der Waals surface area contributed by atoms with Crippen LogP contribution in [0, 0.1) is 5.92 Å². The van der Waals surface area contributed by atoms with Crippen LogP contribution in [0.5, 0.6) is 0 Å². The lowest BCUT2D eigenvalue weighted by atomic mass is 10.1. The van der Waals surface area contributed by atoms with Crippen molar-refractivity contribution in [2.75, 3.05) is 37.9 Å². The third-order valence-corrected chi connectivity index (χ3v) is 2.77. The monoisotopic (exact) mass is 279 g/mol. The Morgan fingerprint density at radius 3 is 2.75 bits per heavy atom. The van der Waals surface area contributed by atoms with Gasteiger partial charge in [0.1, 0.15) is 0 Å². The Balaban J connectivity index is 2.36. The number of benzene rings is 1. The van der Waals surface area contributed by atoms with Crippen molar-refractivity contribution < 1.29 is 9.53 Å². The van der Waals surface area contributed by atoms with E-state index in [0.717, 1.165) is 31.9 Å². The van der Waals surface area contributed by atoms with Crippen molar-refractivity contribution in [1.82, 2.24) is 5.32 Å². The van der Waals surface area contributed by atoms with E-state index in [9.17, 15) is 4.79 Å². The van der Waals surface area contributed by atoms with Gasteiger partial charge in [-0.3, -0.25) is 4.79 Å². The predicted octanol–water partition coefficient (Wildman–Crippen LogP) is 2.10. The molecule has 0 saturated heterocycles. The highest BCUT2D eigenvalue weighted by atomic mass is 16.5. The number of nitrogen functional groups attached to an aromatic ring is 1. The number of carbonyl (C=O) groups is 1. The van der Waals surface area contributed by atoms with E-state index in [4.69, 9.17) is 10.5 Å². The molecule has 0 fully saturated rings. The minimum Gasteiger partial charge on any atom is -0.397 e. The van der Waals surface area contributed by atoms with Crippen LogP contribution in [-0.4, -0.2) is 32.7 Å². The summed E-state index contributed by atoms with van der Waals surface area (Å²) < 4.78 is 5.50. The average Bonchev–Trinajstić information content (AvgIpc) is 2.42. The standard InChI is InChI=1S/C15H25N3O2/c1-11(2)10-20-8-4-7-18-14-6-5-12(9-13(14)16)15(19)17-3/h5-6,9,11,18H,4,7-8,10,16H2,1-3H3,(H,17,19). The molecule has 20 heavy (non-hydrogen) atoms. The summed E-state index contributed by atoms with van der Waals surface area (Å²) in [5.41, 5.74) is 7.91. The van der Waals surface area contributed by atoms with Crippen molar-refractivity contribution in [3.63, 3.8) is 0 Å². The number of anilines is 2. The molecular weight excluding hydrogens is 254 g/mol. The molecular formula is C15H25N3O2. The maximum atomic E-state index is 11.5. The zero-order valence-electron chi connectivity index (χ0n) is 12.5. The van der Waals surface area contributed by atoms with Gasteiger partial charge in [-0.25, -0.2) is 0 Å². The Morgan fingerprint density at radius 1 is 1.40 bits per heavy atom. The van der Waals surface area contributed by atoms with Gasteiger partial charge in [0, 0.05) is 32.4 Å². The molecule has 1 aromatic carbocycles. The molecule has 5 nitrogen and oxygen atoms in total. The molecule has 0 aliphatic rings. The minimum atomic E-state index is -0.134. The van der Waals surface area contributed by atoms with Gasteiger partial charge >= 0.3 is 0 Å². The molecule has 0 heterocycles. The third kappa shape index (κ3) is 5.48. The van der Waals surface area contributed by atoms with Crippen LogP contribution < -0.4 is 16.4 Å². The van der Waals surface area contributed by atoms with Crippen LogP contribution in [0.4, 0.5) is 11.4 Å². The largest absolute Gasteiger partial charge is 0.397 e. The predicted molar refractivity (Wildman–Crippen MR) is 83.0 cm³/mol. The molecule has 4 N–H and O–H groups in total. The molecule has 0 saturated carbocycles. The van der Waals surface area contributed by atoms with Crippen LogP contribution in [0.25, 0.3) is 0 Å². The number of ether oxygens (including phenoxy) is 1. The fourth-order valence-electron chi connectivity index (χ4n) is 1.73. The number of carbonyl (C=O) groups excluding carboxylic acids is 1. The van der Waals surface area contributed by atoms with E-state index in [1.165, 1.54) is 0 Å². The van der Waals surface area contributed by atoms with Crippen LogP contribution >= 0.6 is 0 Å². The Hall–Kier alpha value is -1.75. The Labute approximate surface area is 120 Å². The van der Waals surface area contributed by atoms with Gasteiger partial charge in [0.15, 0.2) is 0 Å². The lowest BCUT2D eigenvalue weighted by molar-refractivity contribution is 0.0963. The van der Waals surface area contributed by atoms with E-state index in [2.05, 4.69) is 24.5 Å². The van der Waals surface area contributed by atoms with Gasteiger partial charge in [0.25, 0.3) is 5.91 Å². The quantitative estimate of drug-likeness (QED) is 0.503. The van der Waals surface area contributed by atoms with E-state index < -0.39 is 0 Å². The van der Waals surface area contributed by atoms with E-state index >= 15 is 0 Å². The molecule has 0 bridgehead atoms. The van der Waals surface area contributed by atoms with Gasteiger partial charge in [-0.05, 0) is 30.5 Å². The first-order valence-electron chi connectivity index (χ1n) is 6.97. The summed E-state index contributed by atoms with van der Waals surface area (Å²) in [5.74, 6) is 0.432. The Kier molecular flexibility index (Phi) is 6.87. The molecule has 1 aromatic rings. The van der Waals surface area contributed by atoms with Crippen LogP contribution in [0.3, 0.4) is 0 Å². The summed E-state index contributed by atoms with van der Waals surface area (Å²) in [6.07, 6.45) is 0.920. The number of nitrogens with one attached hydrogen (secondary N) is 2. The van der Waals surface area contributed by atoms with Crippen molar-refractivity contribution in [3.05, 3.63) is 23.8 Å². The van der Waals surface area contributed by atoms with Crippen LogP contribution in [0.15, 0.2) is 18.2 Å². The molecule has 112 valence electrons. The minimum absolute atomic E-state index is 0.134. The second-order valence-electron chi connectivity index (χ2n) is 5.13. The second kappa shape index (κ2) is 8.43. The summed E-state index contributed by atoms with van der Waals surface area (Å²) in [6.45, 7) is 6.59.